The minimum absolute atomic E-state index is 0.0294. The SMILES string of the molecule is CCOC(c1ncc(C(C)O)c(C)n1)C1CC1. The van der Waals surface area contributed by atoms with Crippen LogP contribution in [0.1, 0.15) is 56.0 Å². The molecule has 2 unspecified atom stereocenters. The quantitative estimate of drug-likeness (QED) is 0.852. The lowest BCUT2D eigenvalue weighted by atomic mass is 10.1. The van der Waals surface area contributed by atoms with Gasteiger partial charge < -0.3 is 9.84 Å². The van der Waals surface area contributed by atoms with Gasteiger partial charge >= 0.3 is 0 Å². The fourth-order valence-corrected chi connectivity index (χ4v) is 2.04. The van der Waals surface area contributed by atoms with Crippen molar-refractivity contribution in [3.05, 3.63) is 23.3 Å². The molecule has 4 nitrogen and oxygen atoms in total. The summed E-state index contributed by atoms with van der Waals surface area (Å²) >= 11 is 0. The van der Waals surface area contributed by atoms with Crippen molar-refractivity contribution < 1.29 is 9.84 Å². The van der Waals surface area contributed by atoms with Crippen LogP contribution >= 0.6 is 0 Å². The molecule has 2 rings (SSSR count). The molecule has 17 heavy (non-hydrogen) atoms. The van der Waals surface area contributed by atoms with E-state index >= 15 is 0 Å². The van der Waals surface area contributed by atoms with Gasteiger partial charge in [0.1, 0.15) is 6.10 Å². The van der Waals surface area contributed by atoms with E-state index in [2.05, 4.69) is 9.97 Å². The van der Waals surface area contributed by atoms with Crippen LogP contribution in [-0.2, 0) is 4.74 Å². The molecule has 0 spiro atoms. The maximum absolute atomic E-state index is 9.55. The van der Waals surface area contributed by atoms with Crippen LogP contribution in [0.3, 0.4) is 0 Å². The molecule has 0 aromatic carbocycles. The Hall–Kier alpha value is -1.00. The third-order valence-corrected chi connectivity index (χ3v) is 3.14. The van der Waals surface area contributed by atoms with Crippen LogP contribution in [-0.4, -0.2) is 21.7 Å². The number of ether oxygens (including phenoxy) is 1. The number of aliphatic hydroxyl groups excluding tert-OH is 1. The van der Waals surface area contributed by atoms with E-state index in [-0.39, 0.29) is 6.10 Å². The number of nitrogens with zero attached hydrogens (tertiary/aromatic N) is 2. The third kappa shape index (κ3) is 2.82. The lowest BCUT2D eigenvalue weighted by Gasteiger charge is -2.16. The van der Waals surface area contributed by atoms with Crippen LogP contribution in [0.4, 0.5) is 0 Å². The van der Waals surface area contributed by atoms with Gasteiger partial charge in [-0.05, 0) is 39.5 Å². The minimum atomic E-state index is -0.518. The van der Waals surface area contributed by atoms with Gasteiger partial charge in [-0.3, -0.25) is 0 Å². The highest BCUT2D eigenvalue weighted by Gasteiger charge is 2.35. The molecule has 1 aliphatic carbocycles. The molecule has 1 aromatic rings. The van der Waals surface area contributed by atoms with Crippen molar-refractivity contribution in [1.82, 2.24) is 9.97 Å². The van der Waals surface area contributed by atoms with E-state index in [1.807, 2.05) is 13.8 Å². The van der Waals surface area contributed by atoms with Crippen LogP contribution in [0, 0.1) is 12.8 Å². The van der Waals surface area contributed by atoms with Crippen molar-refractivity contribution in [3.63, 3.8) is 0 Å². The molecule has 0 aliphatic heterocycles. The predicted octanol–water partition coefficient (Wildman–Crippen LogP) is 2.33. The first-order valence-corrected chi connectivity index (χ1v) is 6.26. The largest absolute Gasteiger partial charge is 0.389 e. The molecular formula is C13H20N2O2. The smallest absolute Gasteiger partial charge is 0.157 e. The van der Waals surface area contributed by atoms with Gasteiger partial charge in [-0.1, -0.05) is 0 Å². The minimum Gasteiger partial charge on any atom is -0.389 e. The molecule has 2 atom stereocenters. The van der Waals surface area contributed by atoms with Gasteiger partial charge in [0.15, 0.2) is 5.82 Å². The summed E-state index contributed by atoms with van der Waals surface area (Å²) in [6.07, 6.45) is 3.63. The number of aromatic nitrogens is 2. The molecule has 1 heterocycles. The van der Waals surface area contributed by atoms with E-state index < -0.39 is 6.10 Å². The Morgan fingerprint density at radius 2 is 2.24 bits per heavy atom. The first kappa shape index (κ1) is 12.5. The van der Waals surface area contributed by atoms with Crippen LogP contribution in [0.5, 0.6) is 0 Å². The summed E-state index contributed by atoms with van der Waals surface area (Å²) in [5.74, 6) is 1.34. The Morgan fingerprint density at radius 1 is 1.53 bits per heavy atom. The van der Waals surface area contributed by atoms with Crippen molar-refractivity contribution in [1.29, 1.82) is 0 Å². The lowest BCUT2D eigenvalue weighted by Crippen LogP contribution is -2.13. The van der Waals surface area contributed by atoms with Crippen molar-refractivity contribution in [3.8, 4) is 0 Å². The fraction of sp³-hybridized carbons (Fsp3) is 0.692. The highest BCUT2D eigenvalue weighted by molar-refractivity contribution is 5.19. The Morgan fingerprint density at radius 3 is 2.71 bits per heavy atom. The van der Waals surface area contributed by atoms with Crippen LogP contribution in [0.25, 0.3) is 0 Å². The molecule has 94 valence electrons. The van der Waals surface area contributed by atoms with Crippen molar-refractivity contribution in [2.75, 3.05) is 6.61 Å². The topological polar surface area (TPSA) is 55.2 Å². The molecule has 4 heteroatoms. The first-order valence-electron chi connectivity index (χ1n) is 6.26. The van der Waals surface area contributed by atoms with E-state index in [0.29, 0.717) is 12.5 Å². The van der Waals surface area contributed by atoms with Crippen molar-refractivity contribution >= 4 is 0 Å². The molecule has 1 fully saturated rings. The number of hydrogen-bond donors (Lipinski definition) is 1. The Labute approximate surface area is 102 Å². The second-order valence-corrected chi connectivity index (χ2v) is 4.66. The van der Waals surface area contributed by atoms with Gasteiger partial charge in [0.25, 0.3) is 0 Å². The summed E-state index contributed by atoms with van der Waals surface area (Å²) in [5.41, 5.74) is 1.63. The maximum atomic E-state index is 9.55. The summed E-state index contributed by atoms with van der Waals surface area (Å²) < 4.78 is 5.72. The van der Waals surface area contributed by atoms with E-state index in [4.69, 9.17) is 4.74 Å². The molecule has 0 radical (unpaired) electrons. The zero-order valence-corrected chi connectivity index (χ0v) is 10.7. The second kappa shape index (κ2) is 5.10. The third-order valence-electron chi connectivity index (χ3n) is 3.14. The monoisotopic (exact) mass is 236 g/mol. The average molecular weight is 236 g/mol. The summed E-state index contributed by atoms with van der Waals surface area (Å²) in [7, 11) is 0. The number of aliphatic hydroxyl groups is 1. The number of rotatable bonds is 5. The standard InChI is InChI=1S/C13H20N2O2/c1-4-17-12(10-5-6-10)13-14-7-11(9(3)16)8(2)15-13/h7,9-10,12,16H,4-6H2,1-3H3. The molecular weight excluding hydrogens is 216 g/mol. The van der Waals surface area contributed by atoms with Gasteiger partial charge in [0.05, 0.1) is 6.10 Å². The highest BCUT2D eigenvalue weighted by atomic mass is 16.5. The average Bonchev–Trinajstić information content (AvgIpc) is 3.09. The van der Waals surface area contributed by atoms with E-state index in [1.54, 1.807) is 13.1 Å². The normalized spacial score (nSPS) is 19.1. The fourth-order valence-electron chi connectivity index (χ4n) is 2.04. The number of aryl methyl sites for hydroxylation is 1. The van der Waals surface area contributed by atoms with Gasteiger partial charge in [-0.2, -0.15) is 0 Å². The Kier molecular flexibility index (Phi) is 3.74. The van der Waals surface area contributed by atoms with Crippen molar-refractivity contribution in [2.45, 2.75) is 45.8 Å². The number of hydrogen-bond acceptors (Lipinski definition) is 4. The maximum Gasteiger partial charge on any atom is 0.157 e. The molecule has 0 saturated heterocycles. The van der Waals surface area contributed by atoms with Crippen LogP contribution in [0.15, 0.2) is 6.20 Å². The summed E-state index contributed by atoms with van der Waals surface area (Å²) in [6.45, 7) is 6.31. The van der Waals surface area contributed by atoms with E-state index in [1.165, 1.54) is 12.8 Å². The molecule has 1 aromatic heterocycles. The van der Waals surface area contributed by atoms with Crippen molar-refractivity contribution in [2.24, 2.45) is 5.92 Å². The molecule has 0 bridgehead atoms. The molecule has 1 saturated carbocycles. The summed E-state index contributed by atoms with van der Waals surface area (Å²) in [4.78, 5) is 8.82. The van der Waals surface area contributed by atoms with E-state index in [0.717, 1.165) is 17.1 Å². The second-order valence-electron chi connectivity index (χ2n) is 4.66. The van der Waals surface area contributed by atoms with Gasteiger partial charge in [0.2, 0.25) is 0 Å². The predicted molar refractivity (Wildman–Crippen MR) is 64.5 cm³/mol. The van der Waals surface area contributed by atoms with E-state index in [9.17, 15) is 5.11 Å². The first-order chi connectivity index (χ1) is 8.13. The molecule has 1 aliphatic rings. The Bertz CT molecular complexity index is 389. The van der Waals surface area contributed by atoms with Gasteiger partial charge in [0, 0.05) is 24.1 Å². The van der Waals surface area contributed by atoms with Gasteiger partial charge in [-0.15, -0.1) is 0 Å². The highest BCUT2D eigenvalue weighted by Crippen LogP contribution is 2.42. The lowest BCUT2D eigenvalue weighted by molar-refractivity contribution is 0.0397. The van der Waals surface area contributed by atoms with Crippen LogP contribution < -0.4 is 0 Å². The summed E-state index contributed by atoms with van der Waals surface area (Å²) in [6, 6.07) is 0. The Balaban J connectivity index is 2.22. The van der Waals surface area contributed by atoms with Gasteiger partial charge in [-0.25, -0.2) is 9.97 Å². The molecule has 0 amide bonds. The van der Waals surface area contributed by atoms with Crippen LogP contribution in [0.2, 0.25) is 0 Å². The summed E-state index contributed by atoms with van der Waals surface area (Å²) in [5, 5.41) is 9.55. The molecule has 1 N–H and O–H groups in total. The zero-order valence-electron chi connectivity index (χ0n) is 10.7. The zero-order chi connectivity index (χ0) is 12.4.